The van der Waals surface area contributed by atoms with Crippen molar-refractivity contribution < 1.29 is 14.7 Å². The highest BCUT2D eigenvalue weighted by Crippen LogP contribution is 2.54. The van der Waals surface area contributed by atoms with Gasteiger partial charge in [0.05, 0.1) is 11.3 Å². The SMILES string of the molecule is Cc1cccc(C)c1N1C[C@]2(C(=O)O)CC[C@H]2C1=O. The van der Waals surface area contributed by atoms with Crippen LogP contribution in [0.3, 0.4) is 0 Å². The lowest BCUT2D eigenvalue weighted by atomic mass is 9.62. The monoisotopic (exact) mass is 259 g/mol. The van der Waals surface area contributed by atoms with Crippen LogP contribution in [0.4, 0.5) is 5.69 Å². The van der Waals surface area contributed by atoms with E-state index in [0.29, 0.717) is 19.4 Å². The number of amides is 1. The second-order valence-electron chi connectivity index (χ2n) is 5.72. The van der Waals surface area contributed by atoms with Gasteiger partial charge in [-0.1, -0.05) is 18.2 Å². The fraction of sp³-hybridized carbons (Fsp3) is 0.467. The van der Waals surface area contributed by atoms with Crippen molar-refractivity contribution in [3.05, 3.63) is 29.3 Å². The number of carboxylic acids is 1. The Bertz CT molecular complexity index is 561. The third kappa shape index (κ3) is 1.46. The van der Waals surface area contributed by atoms with Crippen molar-refractivity contribution in [3.8, 4) is 0 Å². The average Bonchev–Trinajstić information content (AvgIpc) is 2.48. The van der Waals surface area contributed by atoms with E-state index in [0.717, 1.165) is 16.8 Å². The molecule has 2 atom stereocenters. The molecule has 100 valence electrons. The molecule has 1 aromatic rings. The number of carbonyl (C=O) groups is 2. The molecule has 1 heterocycles. The van der Waals surface area contributed by atoms with Gasteiger partial charge in [0.1, 0.15) is 0 Å². The van der Waals surface area contributed by atoms with Crippen molar-refractivity contribution >= 4 is 17.6 Å². The molecule has 2 aliphatic rings. The zero-order valence-corrected chi connectivity index (χ0v) is 11.1. The van der Waals surface area contributed by atoms with Crippen LogP contribution >= 0.6 is 0 Å². The number of nitrogens with zero attached hydrogens (tertiary/aromatic N) is 1. The molecule has 0 spiro atoms. The van der Waals surface area contributed by atoms with E-state index >= 15 is 0 Å². The van der Waals surface area contributed by atoms with Crippen molar-refractivity contribution in [1.29, 1.82) is 0 Å². The average molecular weight is 259 g/mol. The minimum Gasteiger partial charge on any atom is -0.481 e. The molecule has 19 heavy (non-hydrogen) atoms. The fourth-order valence-corrected chi connectivity index (χ4v) is 3.48. The van der Waals surface area contributed by atoms with Crippen LogP contribution in [0.5, 0.6) is 0 Å². The molecule has 1 aliphatic carbocycles. The van der Waals surface area contributed by atoms with Crippen LogP contribution in [-0.4, -0.2) is 23.5 Å². The minimum atomic E-state index is -0.841. The molecule has 2 fully saturated rings. The van der Waals surface area contributed by atoms with Crippen molar-refractivity contribution in [2.45, 2.75) is 26.7 Å². The van der Waals surface area contributed by atoms with Crippen LogP contribution in [0, 0.1) is 25.2 Å². The summed E-state index contributed by atoms with van der Waals surface area (Å²) in [6.07, 6.45) is 1.31. The van der Waals surface area contributed by atoms with E-state index in [2.05, 4.69) is 0 Å². The van der Waals surface area contributed by atoms with Crippen LogP contribution in [0.1, 0.15) is 24.0 Å². The second-order valence-corrected chi connectivity index (χ2v) is 5.72. The van der Waals surface area contributed by atoms with Gasteiger partial charge in [0, 0.05) is 12.2 Å². The van der Waals surface area contributed by atoms with Gasteiger partial charge in [-0.3, -0.25) is 9.59 Å². The molecular formula is C15H17NO3. The van der Waals surface area contributed by atoms with Gasteiger partial charge in [0.15, 0.2) is 0 Å². The van der Waals surface area contributed by atoms with Gasteiger partial charge in [0.25, 0.3) is 0 Å². The number of hydrogen-bond donors (Lipinski definition) is 1. The Morgan fingerprint density at radius 2 is 2.00 bits per heavy atom. The number of fused-ring (bicyclic) bond motifs is 1. The molecule has 1 saturated carbocycles. The Balaban J connectivity index is 2.04. The number of anilines is 1. The Hall–Kier alpha value is -1.84. The summed E-state index contributed by atoms with van der Waals surface area (Å²) >= 11 is 0. The number of aliphatic carboxylic acids is 1. The maximum Gasteiger partial charge on any atom is 0.312 e. The zero-order valence-electron chi connectivity index (χ0n) is 11.1. The van der Waals surface area contributed by atoms with Gasteiger partial charge in [-0.25, -0.2) is 0 Å². The van der Waals surface area contributed by atoms with Gasteiger partial charge >= 0.3 is 5.97 Å². The smallest absolute Gasteiger partial charge is 0.312 e. The lowest BCUT2D eigenvalue weighted by molar-refractivity contribution is -0.159. The highest BCUT2D eigenvalue weighted by molar-refractivity contribution is 6.04. The zero-order chi connectivity index (χ0) is 13.8. The summed E-state index contributed by atoms with van der Waals surface area (Å²) in [7, 11) is 0. The Morgan fingerprint density at radius 1 is 1.37 bits per heavy atom. The first kappa shape index (κ1) is 12.2. The maximum absolute atomic E-state index is 12.4. The molecule has 0 unspecified atom stereocenters. The molecule has 4 heteroatoms. The summed E-state index contributed by atoms with van der Waals surface area (Å²) in [5.74, 6) is -1.18. The predicted octanol–water partition coefficient (Wildman–Crippen LogP) is 2.13. The second kappa shape index (κ2) is 3.83. The summed E-state index contributed by atoms with van der Waals surface area (Å²) in [5.41, 5.74) is 2.10. The Kier molecular flexibility index (Phi) is 2.46. The topological polar surface area (TPSA) is 57.6 Å². The molecule has 0 aromatic heterocycles. The van der Waals surface area contributed by atoms with Gasteiger partial charge in [-0.05, 0) is 37.8 Å². The van der Waals surface area contributed by atoms with Gasteiger partial charge in [-0.15, -0.1) is 0 Å². The molecular weight excluding hydrogens is 242 g/mol. The highest BCUT2D eigenvalue weighted by atomic mass is 16.4. The molecule has 4 nitrogen and oxygen atoms in total. The van der Waals surface area contributed by atoms with E-state index in [4.69, 9.17) is 0 Å². The number of para-hydroxylation sites is 1. The molecule has 1 saturated heterocycles. The molecule has 0 bridgehead atoms. The molecule has 0 radical (unpaired) electrons. The maximum atomic E-state index is 12.4. The van der Waals surface area contributed by atoms with Gasteiger partial charge < -0.3 is 10.0 Å². The van der Waals surface area contributed by atoms with E-state index in [1.807, 2.05) is 32.0 Å². The van der Waals surface area contributed by atoms with Crippen LogP contribution in [0.2, 0.25) is 0 Å². The summed E-state index contributed by atoms with van der Waals surface area (Å²) in [6, 6.07) is 5.88. The number of aryl methyl sites for hydroxylation is 2. The largest absolute Gasteiger partial charge is 0.481 e. The first-order valence-electron chi connectivity index (χ1n) is 6.58. The van der Waals surface area contributed by atoms with Crippen LogP contribution in [-0.2, 0) is 9.59 Å². The number of carbonyl (C=O) groups excluding carboxylic acids is 1. The number of carboxylic acid groups (broad SMARTS) is 1. The van der Waals surface area contributed by atoms with Crippen molar-refractivity contribution in [3.63, 3.8) is 0 Å². The van der Waals surface area contributed by atoms with Crippen molar-refractivity contribution in [2.75, 3.05) is 11.4 Å². The highest BCUT2D eigenvalue weighted by Gasteiger charge is 2.63. The van der Waals surface area contributed by atoms with E-state index in [1.54, 1.807) is 4.90 Å². The number of benzene rings is 1. The Morgan fingerprint density at radius 3 is 2.42 bits per heavy atom. The first-order valence-corrected chi connectivity index (χ1v) is 6.58. The first-order chi connectivity index (χ1) is 8.97. The van der Waals surface area contributed by atoms with Crippen LogP contribution < -0.4 is 4.90 Å². The van der Waals surface area contributed by atoms with Crippen LogP contribution in [0.25, 0.3) is 0 Å². The lowest BCUT2D eigenvalue weighted by Gasteiger charge is -2.37. The third-order valence-corrected chi connectivity index (χ3v) is 4.69. The summed E-state index contributed by atoms with van der Waals surface area (Å²) in [5, 5.41) is 9.44. The summed E-state index contributed by atoms with van der Waals surface area (Å²) < 4.78 is 0. The minimum absolute atomic E-state index is 0.0222. The Labute approximate surface area is 112 Å². The number of rotatable bonds is 2. The lowest BCUT2D eigenvalue weighted by Crippen LogP contribution is -2.46. The quantitative estimate of drug-likeness (QED) is 0.885. The van der Waals surface area contributed by atoms with Crippen LogP contribution in [0.15, 0.2) is 18.2 Å². The normalized spacial score (nSPS) is 29.1. The fourth-order valence-electron chi connectivity index (χ4n) is 3.48. The van der Waals surface area contributed by atoms with Gasteiger partial charge in [0.2, 0.25) is 5.91 Å². The summed E-state index contributed by atoms with van der Waals surface area (Å²) in [6.45, 7) is 4.24. The van der Waals surface area contributed by atoms with Crippen molar-refractivity contribution in [2.24, 2.45) is 11.3 Å². The molecule has 1 aromatic carbocycles. The molecule has 1 amide bonds. The van der Waals surface area contributed by atoms with E-state index in [1.165, 1.54) is 0 Å². The van der Waals surface area contributed by atoms with E-state index < -0.39 is 11.4 Å². The number of hydrogen-bond acceptors (Lipinski definition) is 2. The van der Waals surface area contributed by atoms with E-state index in [-0.39, 0.29) is 11.8 Å². The third-order valence-electron chi connectivity index (χ3n) is 4.69. The molecule has 1 aliphatic heterocycles. The molecule has 3 rings (SSSR count). The van der Waals surface area contributed by atoms with Crippen molar-refractivity contribution in [1.82, 2.24) is 0 Å². The summed E-state index contributed by atoms with van der Waals surface area (Å²) in [4.78, 5) is 25.6. The standard InChI is InChI=1S/C15H17NO3/c1-9-4-3-5-10(2)12(9)16-8-15(14(18)19)7-6-11(15)13(16)17/h3-5,11H,6-8H2,1-2H3,(H,18,19)/t11-,15+/m0/s1. The van der Waals surface area contributed by atoms with Gasteiger partial charge in [-0.2, -0.15) is 0 Å². The van der Waals surface area contributed by atoms with E-state index in [9.17, 15) is 14.7 Å². The molecule has 1 N–H and O–H groups in total. The predicted molar refractivity (Wildman–Crippen MR) is 71.1 cm³/mol.